The number of anilines is 2. The molecule has 1 saturated carbocycles. The molecular weight excluding hydrogens is 421 g/mol. The summed E-state index contributed by atoms with van der Waals surface area (Å²) in [4.78, 5) is 8.05. The minimum absolute atomic E-state index is 0.0863. The Bertz CT molecular complexity index is 993. The van der Waals surface area contributed by atoms with Crippen LogP contribution in [0.1, 0.15) is 32.3 Å². The summed E-state index contributed by atoms with van der Waals surface area (Å²) in [5.41, 5.74) is -0.606. The SMILES string of the molecule is CO[C@H](C)[C@@H](C)Oc1nc(Nc2ccc(S(=N)(=O)C3CC3)cc2)ncc1C(F)(F)F. The molecule has 0 amide bonds. The van der Waals surface area contributed by atoms with Gasteiger partial charge in [-0.25, -0.2) is 14.0 Å². The lowest BCUT2D eigenvalue weighted by atomic mass is 10.2. The number of hydrogen-bond donors (Lipinski definition) is 2. The van der Waals surface area contributed by atoms with Crippen molar-refractivity contribution in [3.63, 3.8) is 0 Å². The van der Waals surface area contributed by atoms with Gasteiger partial charge in [0.25, 0.3) is 0 Å². The van der Waals surface area contributed by atoms with Crippen molar-refractivity contribution in [3.05, 3.63) is 36.0 Å². The predicted octanol–water partition coefficient (Wildman–Crippen LogP) is 4.61. The molecule has 164 valence electrons. The van der Waals surface area contributed by atoms with Crippen LogP contribution >= 0.6 is 0 Å². The molecule has 1 unspecified atom stereocenters. The fraction of sp³-hybridized carbons (Fsp3) is 0.474. The molecule has 2 aromatic rings. The van der Waals surface area contributed by atoms with Crippen LogP contribution in [0, 0.1) is 4.78 Å². The van der Waals surface area contributed by atoms with E-state index in [9.17, 15) is 17.4 Å². The van der Waals surface area contributed by atoms with Crippen molar-refractivity contribution < 1.29 is 26.9 Å². The summed E-state index contributed by atoms with van der Waals surface area (Å²) in [6.07, 6.45) is -3.58. The average molecular weight is 444 g/mol. The summed E-state index contributed by atoms with van der Waals surface area (Å²) >= 11 is 0. The van der Waals surface area contributed by atoms with E-state index < -0.39 is 39.6 Å². The highest BCUT2D eigenvalue weighted by molar-refractivity contribution is 7.93. The first-order valence-corrected chi connectivity index (χ1v) is 10.9. The van der Waals surface area contributed by atoms with Crippen molar-refractivity contribution in [2.75, 3.05) is 12.4 Å². The van der Waals surface area contributed by atoms with Crippen molar-refractivity contribution in [1.82, 2.24) is 9.97 Å². The van der Waals surface area contributed by atoms with Crippen molar-refractivity contribution in [2.24, 2.45) is 0 Å². The van der Waals surface area contributed by atoms with E-state index in [1.807, 2.05) is 0 Å². The van der Waals surface area contributed by atoms with Gasteiger partial charge in [-0.05, 0) is 51.0 Å². The molecule has 0 spiro atoms. The molecule has 1 aromatic heterocycles. The molecule has 1 fully saturated rings. The van der Waals surface area contributed by atoms with E-state index in [4.69, 9.17) is 14.3 Å². The lowest BCUT2D eigenvalue weighted by molar-refractivity contribution is -0.140. The lowest BCUT2D eigenvalue weighted by Gasteiger charge is -2.22. The first kappa shape index (κ1) is 22.3. The Morgan fingerprint density at radius 2 is 1.83 bits per heavy atom. The number of methoxy groups -OCH3 is 1. The first-order valence-electron chi connectivity index (χ1n) is 9.30. The second-order valence-corrected chi connectivity index (χ2v) is 9.46. The minimum atomic E-state index is -4.68. The standard InChI is InChI=1S/C19H23F3N4O3S/c1-11(28-3)12(2)29-17-16(19(20,21)22)10-24-18(26-17)25-13-4-6-14(7-5-13)30(23,27)15-8-9-15/h4-7,10-12,15,23H,8-9H2,1-3H3,(H,24,25,26)/t11-,12-,30?/m1/s1. The van der Waals surface area contributed by atoms with Gasteiger partial charge in [0.1, 0.15) is 11.7 Å². The van der Waals surface area contributed by atoms with Crippen LogP contribution in [0.2, 0.25) is 0 Å². The highest BCUT2D eigenvalue weighted by Crippen LogP contribution is 2.37. The Morgan fingerprint density at radius 3 is 2.37 bits per heavy atom. The summed E-state index contributed by atoms with van der Waals surface area (Å²) in [5.74, 6) is -0.687. The highest BCUT2D eigenvalue weighted by Gasteiger charge is 2.37. The van der Waals surface area contributed by atoms with Gasteiger partial charge in [0.05, 0.1) is 15.8 Å². The molecule has 1 aromatic carbocycles. The molecule has 2 N–H and O–H groups in total. The van der Waals surface area contributed by atoms with Crippen LogP contribution < -0.4 is 10.1 Å². The Morgan fingerprint density at radius 1 is 1.20 bits per heavy atom. The Balaban J connectivity index is 1.83. The van der Waals surface area contributed by atoms with Crippen LogP contribution in [0.15, 0.2) is 35.4 Å². The number of alkyl halides is 3. The maximum absolute atomic E-state index is 13.3. The second-order valence-electron chi connectivity index (χ2n) is 7.12. The Kier molecular flexibility index (Phi) is 6.23. The van der Waals surface area contributed by atoms with E-state index >= 15 is 0 Å². The summed E-state index contributed by atoms with van der Waals surface area (Å²) in [7, 11) is -1.39. The van der Waals surface area contributed by atoms with Gasteiger partial charge < -0.3 is 14.8 Å². The van der Waals surface area contributed by atoms with Crippen molar-refractivity contribution in [1.29, 1.82) is 4.78 Å². The van der Waals surface area contributed by atoms with Gasteiger partial charge in [-0.1, -0.05) is 0 Å². The molecule has 1 aliphatic rings. The summed E-state index contributed by atoms with van der Waals surface area (Å²) in [5, 5.41) is 2.70. The predicted molar refractivity (Wildman–Crippen MR) is 105 cm³/mol. The van der Waals surface area contributed by atoms with Gasteiger partial charge >= 0.3 is 6.18 Å². The van der Waals surface area contributed by atoms with Gasteiger partial charge in [-0.15, -0.1) is 0 Å². The average Bonchev–Trinajstić information content (AvgIpc) is 3.53. The Labute approximate surface area is 173 Å². The van der Waals surface area contributed by atoms with Gasteiger partial charge in [0.15, 0.2) is 0 Å². The fourth-order valence-electron chi connectivity index (χ4n) is 2.64. The normalized spacial score (nSPS) is 18.3. The van der Waals surface area contributed by atoms with E-state index in [1.54, 1.807) is 38.1 Å². The van der Waals surface area contributed by atoms with Crippen LogP contribution in [0.25, 0.3) is 0 Å². The van der Waals surface area contributed by atoms with Crippen molar-refractivity contribution >= 4 is 21.4 Å². The van der Waals surface area contributed by atoms with Crippen molar-refractivity contribution in [3.8, 4) is 5.88 Å². The molecule has 30 heavy (non-hydrogen) atoms. The third kappa shape index (κ3) is 5.01. The van der Waals surface area contributed by atoms with Crippen LogP contribution in [-0.2, 0) is 20.6 Å². The monoisotopic (exact) mass is 444 g/mol. The number of halogens is 3. The molecule has 11 heteroatoms. The molecule has 0 aliphatic heterocycles. The molecule has 0 bridgehead atoms. The Hall–Kier alpha value is -2.40. The number of ether oxygens (including phenoxy) is 2. The zero-order valence-corrected chi connectivity index (χ0v) is 17.5. The number of benzene rings is 1. The number of aromatic nitrogens is 2. The van der Waals surface area contributed by atoms with Crippen LogP contribution in [0.5, 0.6) is 5.88 Å². The number of rotatable bonds is 8. The molecular formula is C19H23F3N4O3S. The summed E-state index contributed by atoms with van der Waals surface area (Å²) in [6, 6.07) is 6.31. The zero-order chi connectivity index (χ0) is 22.1. The smallest absolute Gasteiger partial charge is 0.423 e. The lowest BCUT2D eigenvalue weighted by Crippen LogP contribution is -2.29. The number of hydrogen-bond acceptors (Lipinski definition) is 7. The molecule has 0 saturated heterocycles. The van der Waals surface area contributed by atoms with Crippen molar-refractivity contribution in [2.45, 2.75) is 55.2 Å². The molecule has 3 atom stereocenters. The van der Waals surface area contributed by atoms with Gasteiger partial charge in [-0.3, -0.25) is 0 Å². The summed E-state index contributed by atoms with van der Waals surface area (Å²) < 4.78 is 70.9. The first-order chi connectivity index (χ1) is 14.0. The van der Waals surface area contributed by atoms with Gasteiger partial charge in [0, 0.05) is 29.1 Å². The van der Waals surface area contributed by atoms with E-state index in [0.29, 0.717) is 16.8 Å². The summed E-state index contributed by atoms with van der Waals surface area (Å²) in [6.45, 7) is 3.26. The molecule has 7 nitrogen and oxygen atoms in total. The van der Waals surface area contributed by atoms with Crippen LogP contribution in [0.3, 0.4) is 0 Å². The highest BCUT2D eigenvalue weighted by atomic mass is 32.2. The molecule has 1 heterocycles. The molecule has 0 radical (unpaired) electrons. The van der Waals surface area contributed by atoms with E-state index in [2.05, 4.69) is 15.3 Å². The van der Waals surface area contributed by atoms with E-state index in [0.717, 1.165) is 12.8 Å². The number of nitrogens with one attached hydrogen (secondary N) is 2. The third-order valence-electron chi connectivity index (χ3n) is 4.84. The van der Waals surface area contributed by atoms with Gasteiger partial charge in [0.2, 0.25) is 11.8 Å². The zero-order valence-electron chi connectivity index (χ0n) is 16.7. The maximum atomic E-state index is 13.3. The van der Waals surface area contributed by atoms with E-state index in [-0.39, 0.29) is 11.2 Å². The minimum Gasteiger partial charge on any atom is -0.471 e. The topological polar surface area (TPSA) is 97.2 Å². The molecule has 1 aliphatic carbocycles. The fourth-order valence-corrected chi connectivity index (χ4v) is 4.36. The largest absolute Gasteiger partial charge is 0.471 e. The third-order valence-corrected chi connectivity index (χ3v) is 7.23. The van der Waals surface area contributed by atoms with Crippen LogP contribution in [0.4, 0.5) is 24.8 Å². The quantitative estimate of drug-likeness (QED) is 0.617. The van der Waals surface area contributed by atoms with Gasteiger partial charge in [-0.2, -0.15) is 18.2 Å². The van der Waals surface area contributed by atoms with E-state index in [1.165, 1.54) is 7.11 Å². The molecule has 3 rings (SSSR count). The maximum Gasteiger partial charge on any atom is 0.423 e. The second kappa shape index (κ2) is 8.38. The van der Waals surface area contributed by atoms with Crippen LogP contribution in [-0.4, -0.2) is 38.7 Å². The number of nitrogens with zero attached hydrogens (tertiary/aromatic N) is 2.